The summed E-state index contributed by atoms with van der Waals surface area (Å²) in [6.07, 6.45) is 6.44. The number of halogens is 1. The molecule has 4 aromatic rings. The van der Waals surface area contributed by atoms with Gasteiger partial charge in [-0.05, 0) is 60.7 Å². The van der Waals surface area contributed by atoms with E-state index in [1.807, 2.05) is 24.4 Å². The number of fused-ring (bicyclic) bond motifs is 1. The Morgan fingerprint density at radius 3 is 2.58 bits per heavy atom. The number of nitrogens with two attached hydrogens (primary N) is 1. The third-order valence-corrected chi connectivity index (χ3v) is 7.31. The molecule has 0 spiro atoms. The molecule has 7 nitrogen and oxygen atoms in total. The molecule has 5 rings (SSSR count). The van der Waals surface area contributed by atoms with Gasteiger partial charge in [-0.3, -0.25) is 9.78 Å². The van der Waals surface area contributed by atoms with Crippen molar-refractivity contribution >= 4 is 33.4 Å². The minimum atomic E-state index is -0.713. The van der Waals surface area contributed by atoms with E-state index >= 15 is 0 Å². The number of aliphatic carboxylic acids is 1. The molecular weight excluding hydrogens is 482 g/mol. The Kier molecular flexibility index (Phi) is 5.62. The summed E-state index contributed by atoms with van der Waals surface area (Å²) < 4.78 is 2.37. The maximum Gasteiger partial charge on any atom is 0.306 e. The number of carbonyl (C=O) groups is 1. The summed E-state index contributed by atoms with van der Waals surface area (Å²) >= 11 is 3.61. The molecule has 0 bridgehead atoms. The highest BCUT2D eigenvalue weighted by atomic mass is 79.9. The predicted molar refractivity (Wildman–Crippen MR) is 131 cm³/mol. The minimum Gasteiger partial charge on any atom is -0.481 e. The topological polar surface area (TPSA) is 106 Å². The van der Waals surface area contributed by atoms with Gasteiger partial charge in [-0.2, -0.15) is 9.61 Å². The largest absolute Gasteiger partial charge is 0.481 e. The first-order chi connectivity index (χ1) is 15.9. The Hall–Kier alpha value is -3.26. The monoisotopic (exact) mass is 505 g/mol. The van der Waals surface area contributed by atoms with Gasteiger partial charge in [0.25, 0.3) is 0 Å². The summed E-state index contributed by atoms with van der Waals surface area (Å²) in [6, 6.07) is 12.3. The number of rotatable bonds is 4. The number of anilines is 1. The minimum absolute atomic E-state index is 0.159. The van der Waals surface area contributed by atoms with Gasteiger partial charge in [0.15, 0.2) is 5.65 Å². The average molecular weight is 506 g/mol. The Balaban J connectivity index is 1.50. The van der Waals surface area contributed by atoms with Gasteiger partial charge in [-0.15, -0.1) is 0 Å². The number of benzene rings is 1. The number of nitrogens with zero attached hydrogens (tertiary/aromatic N) is 4. The number of carboxylic acids is 1. The zero-order valence-electron chi connectivity index (χ0n) is 18.2. The molecule has 0 saturated heterocycles. The van der Waals surface area contributed by atoms with Crippen LogP contribution < -0.4 is 5.73 Å². The Morgan fingerprint density at radius 1 is 1.12 bits per heavy atom. The van der Waals surface area contributed by atoms with E-state index in [1.165, 1.54) is 5.56 Å². The van der Waals surface area contributed by atoms with Crippen molar-refractivity contribution in [1.29, 1.82) is 0 Å². The lowest BCUT2D eigenvalue weighted by atomic mass is 9.80. The summed E-state index contributed by atoms with van der Waals surface area (Å²) in [5, 5.41) is 13.8. The molecule has 0 aliphatic heterocycles. The molecule has 0 unspecified atom stereocenters. The van der Waals surface area contributed by atoms with Crippen LogP contribution in [-0.2, 0) is 4.79 Å². The quantitative estimate of drug-likeness (QED) is 0.380. The Bertz CT molecular complexity index is 1340. The Labute approximate surface area is 199 Å². The maximum absolute atomic E-state index is 11.3. The van der Waals surface area contributed by atoms with Crippen LogP contribution >= 0.6 is 15.9 Å². The highest BCUT2D eigenvalue weighted by Gasteiger charge is 2.30. The van der Waals surface area contributed by atoms with Crippen molar-refractivity contribution in [3.8, 4) is 22.4 Å². The number of aromatic nitrogens is 4. The van der Waals surface area contributed by atoms with E-state index in [-0.39, 0.29) is 11.8 Å². The molecule has 1 fully saturated rings. The second-order valence-electron chi connectivity index (χ2n) is 8.68. The molecular formula is C25H24BrN5O2. The second-order valence-corrected chi connectivity index (χ2v) is 9.47. The summed E-state index contributed by atoms with van der Waals surface area (Å²) in [7, 11) is 0. The highest BCUT2D eigenvalue weighted by molar-refractivity contribution is 9.10. The fourth-order valence-corrected chi connectivity index (χ4v) is 5.21. The van der Waals surface area contributed by atoms with Gasteiger partial charge < -0.3 is 10.8 Å². The zero-order chi connectivity index (χ0) is 23.1. The molecule has 0 amide bonds. The molecule has 1 saturated carbocycles. The fourth-order valence-electron chi connectivity index (χ4n) is 4.63. The van der Waals surface area contributed by atoms with Gasteiger partial charge in [0.05, 0.1) is 28.0 Å². The molecule has 3 heterocycles. The molecule has 3 N–H and O–H groups in total. The van der Waals surface area contributed by atoms with Gasteiger partial charge in [-0.25, -0.2) is 4.98 Å². The maximum atomic E-state index is 11.3. The lowest BCUT2D eigenvalue weighted by molar-refractivity contribution is -0.142. The van der Waals surface area contributed by atoms with Gasteiger partial charge in [-0.1, -0.05) is 29.8 Å². The van der Waals surface area contributed by atoms with Crippen LogP contribution in [0.2, 0.25) is 0 Å². The van der Waals surface area contributed by atoms with Gasteiger partial charge in [0.1, 0.15) is 5.82 Å². The molecule has 3 aromatic heterocycles. The van der Waals surface area contributed by atoms with Crippen LogP contribution in [0.15, 0.2) is 53.3 Å². The van der Waals surface area contributed by atoms with Gasteiger partial charge >= 0.3 is 5.97 Å². The predicted octanol–water partition coefficient (Wildman–Crippen LogP) is 5.47. The smallest absolute Gasteiger partial charge is 0.306 e. The molecule has 1 aliphatic rings. The van der Waals surface area contributed by atoms with E-state index < -0.39 is 5.97 Å². The number of carboxylic acid groups (broad SMARTS) is 1. The molecule has 8 heteroatoms. The van der Waals surface area contributed by atoms with Crippen LogP contribution in [0.1, 0.15) is 42.9 Å². The van der Waals surface area contributed by atoms with Crippen LogP contribution in [-0.4, -0.2) is 30.7 Å². The number of pyridine rings is 1. The Morgan fingerprint density at radius 2 is 1.91 bits per heavy atom. The van der Waals surface area contributed by atoms with E-state index in [4.69, 9.17) is 10.7 Å². The normalized spacial score (nSPS) is 18.5. The van der Waals surface area contributed by atoms with Crippen molar-refractivity contribution in [3.05, 3.63) is 64.5 Å². The van der Waals surface area contributed by atoms with Crippen molar-refractivity contribution in [2.75, 3.05) is 5.73 Å². The number of hydrogen-bond donors (Lipinski definition) is 2. The first-order valence-electron chi connectivity index (χ1n) is 11.0. The van der Waals surface area contributed by atoms with Gasteiger partial charge in [0.2, 0.25) is 0 Å². The van der Waals surface area contributed by atoms with E-state index in [1.54, 1.807) is 10.7 Å². The fraction of sp³-hybridized carbons (Fsp3) is 0.280. The molecule has 168 valence electrons. The lowest BCUT2D eigenvalue weighted by Gasteiger charge is -2.26. The van der Waals surface area contributed by atoms with Crippen molar-refractivity contribution in [2.24, 2.45) is 5.92 Å². The number of aryl methyl sites for hydroxylation is 1. The SMILES string of the molecule is Cc1cccc(-c2ccc(-c3cnn4c(N)c(Br)c(C5CCC(C(=O)O)CC5)nc34)cn2)c1. The summed E-state index contributed by atoms with van der Waals surface area (Å²) in [6.45, 7) is 2.07. The van der Waals surface area contributed by atoms with E-state index in [9.17, 15) is 9.90 Å². The average Bonchev–Trinajstić information content (AvgIpc) is 3.26. The van der Waals surface area contributed by atoms with Crippen LogP contribution in [0.5, 0.6) is 0 Å². The second kappa shape index (κ2) is 8.59. The molecule has 0 radical (unpaired) electrons. The third kappa shape index (κ3) is 3.99. The van der Waals surface area contributed by atoms with Crippen molar-refractivity contribution in [3.63, 3.8) is 0 Å². The molecule has 0 atom stereocenters. The van der Waals surface area contributed by atoms with Gasteiger partial charge in [0, 0.05) is 28.8 Å². The molecule has 33 heavy (non-hydrogen) atoms. The third-order valence-electron chi connectivity index (χ3n) is 6.50. The molecule has 1 aliphatic carbocycles. The van der Waals surface area contributed by atoms with Crippen molar-refractivity contribution < 1.29 is 9.90 Å². The standard InChI is InChI=1S/C25H24BrN5O2/c1-14-3-2-4-17(11-14)20-10-9-18(12-28-20)19-13-29-31-23(27)21(26)22(30-24(19)31)15-5-7-16(8-6-15)25(32)33/h2-4,9-13,15-16H,5-8,27H2,1H3,(H,32,33). The van der Waals surface area contributed by atoms with Crippen LogP contribution in [0.3, 0.4) is 0 Å². The summed E-state index contributed by atoms with van der Waals surface area (Å²) in [4.78, 5) is 21.0. The first kappa shape index (κ1) is 21.6. The van der Waals surface area contributed by atoms with E-state index in [0.29, 0.717) is 24.3 Å². The van der Waals surface area contributed by atoms with E-state index in [2.05, 4.69) is 51.1 Å². The van der Waals surface area contributed by atoms with Crippen molar-refractivity contribution in [2.45, 2.75) is 38.5 Å². The highest BCUT2D eigenvalue weighted by Crippen LogP contribution is 2.40. The first-order valence-corrected chi connectivity index (χ1v) is 11.8. The number of hydrogen-bond acceptors (Lipinski definition) is 5. The zero-order valence-corrected chi connectivity index (χ0v) is 19.8. The summed E-state index contributed by atoms with van der Waals surface area (Å²) in [5.41, 5.74) is 12.9. The number of nitrogen functional groups attached to an aromatic ring is 1. The van der Waals surface area contributed by atoms with Crippen molar-refractivity contribution in [1.82, 2.24) is 19.6 Å². The van der Waals surface area contributed by atoms with E-state index in [0.717, 1.165) is 45.4 Å². The van der Waals surface area contributed by atoms with Crippen LogP contribution in [0.25, 0.3) is 28.0 Å². The molecule has 1 aromatic carbocycles. The van der Waals surface area contributed by atoms with Crippen LogP contribution in [0, 0.1) is 12.8 Å². The lowest BCUT2D eigenvalue weighted by Crippen LogP contribution is -2.21. The summed E-state index contributed by atoms with van der Waals surface area (Å²) in [5.74, 6) is -0.336. The van der Waals surface area contributed by atoms with Crippen LogP contribution in [0.4, 0.5) is 5.82 Å².